The average molecular weight is 262 g/mol. The molecule has 92 valence electrons. The van der Waals surface area contributed by atoms with E-state index in [4.69, 9.17) is 22.6 Å². The summed E-state index contributed by atoms with van der Waals surface area (Å²) in [6.07, 6.45) is 1.52. The van der Waals surface area contributed by atoms with Crippen molar-refractivity contribution in [2.45, 2.75) is 19.0 Å². The Morgan fingerprint density at radius 2 is 2.06 bits per heavy atom. The third-order valence-corrected chi connectivity index (χ3v) is 2.86. The van der Waals surface area contributed by atoms with E-state index in [1.54, 1.807) is 16.8 Å². The van der Waals surface area contributed by atoms with Crippen LogP contribution in [0.25, 0.3) is 0 Å². The molecule has 0 radical (unpaired) electrons. The highest BCUT2D eigenvalue weighted by atomic mass is 35.5. The quantitative estimate of drug-likeness (QED) is 0.913. The highest BCUT2D eigenvalue weighted by Crippen LogP contribution is 2.22. The van der Waals surface area contributed by atoms with Gasteiger partial charge in [0.25, 0.3) is 5.82 Å². The first-order valence-electron chi connectivity index (χ1n) is 5.44. The van der Waals surface area contributed by atoms with E-state index in [2.05, 4.69) is 10.1 Å². The summed E-state index contributed by atoms with van der Waals surface area (Å²) in [5.41, 5.74) is 6.96. The number of halogens is 1. The topological polar surface area (TPSA) is 80.5 Å². The predicted molar refractivity (Wildman–Crippen MR) is 68.0 cm³/mol. The Morgan fingerprint density at radius 3 is 2.56 bits per heavy atom. The molecule has 2 unspecified atom stereocenters. The second-order valence-corrected chi connectivity index (χ2v) is 4.45. The van der Waals surface area contributed by atoms with Crippen molar-refractivity contribution in [3.05, 3.63) is 47.0 Å². The van der Waals surface area contributed by atoms with E-state index >= 15 is 0 Å². The van der Waals surface area contributed by atoms with E-state index in [1.807, 2.05) is 25.1 Å². The van der Waals surface area contributed by atoms with E-state index in [0.29, 0.717) is 5.02 Å². The van der Waals surface area contributed by atoms with Crippen LogP contribution in [0.5, 0.6) is 0 Å². The second kappa shape index (κ2) is 5.17. The van der Waals surface area contributed by atoms with Crippen molar-refractivity contribution in [2.75, 3.05) is 0 Å². The van der Waals surface area contributed by atoms with Gasteiger partial charge in [0.05, 0.1) is 6.04 Å². The largest absolute Gasteiger partial charge is 0.326 e. The molecule has 5 nitrogen and oxygen atoms in total. The van der Waals surface area contributed by atoms with Gasteiger partial charge in [0.1, 0.15) is 12.4 Å². The lowest BCUT2D eigenvalue weighted by atomic mass is 10.0. The number of nitrogens with two attached hydrogens (primary N) is 1. The minimum absolute atomic E-state index is 0.134. The molecule has 1 heterocycles. The van der Waals surface area contributed by atoms with Crippen molar-refractivity contribution in [3.8, 4) is 6.07 Å². The Bertz CT molecular complexity index is 567. The van der Waals surface area contributed by atoms with Gasteiger partial charge in [0.2, 0.25) is 0 Å². The smallest absolute Gasteiger partial charge is 0.252 e. The second-order valence-electron chi connectivity index (χ2n) is 4.02. The first-order valence-corrected chi connectivity index (χ1v) is 5.82. The number of rotatable bonds is 3. The molecule has 6 heteroatoms. The van der Waals surface area contributed by atoms with Crippen molar-refractivity contribution in [2.24, 2.45) is 5.73 Å². The monoisotopic (exact) mass is 261 g/mol. The summed E-state index contributed by atoms with van der Waals surface area (Å²) in [5, 5.41) is 13.5. The summed E-state index contributed by atoms with van der Waals surface area (Å²) in [7, 11) is 0. The molecule has 18 heavy (non-hydrogen) atoms. The molecule has 2 N–H and O–H groups in total. The fourth-order valence-electron chi connectivity index (χ4n) is 1.82. The van der Waals surface area contributed by atoms with Gasteiger partial charge in [-0.1, -0.05) is 23.7 Å². The molecule has 2 atom stereocenters. The summed E-state index contributed by atoms with van der Waals surface area (Å²) in [6, 6.07) is 8.95. The number of nitrogens with zero attached hydrogens (tertiary/aromatic N) is 4. The van der Waals surface area contributed by atoms with Gasteiger partial charge in [-0.15, -0.1) is 5.10 Å². The molecule has 0 aliphatic heterocycles. The number of nitriles is 1. The highest BCUT2D eigenvalue weighted by molar-refractivity contribution is 6.30. The van der Waals surface area contributed by atoms with Gasteiger partial charge >= 0.3 is 0 Å². The summed E-state index contributed by atoms with van der Waals surface area (Å²) >= 11 is 5.86. The molecule has 0 saturated carbocycles. The molecule has 2 aromatic rings. The number of benzene rings is 1. The van der Waals surface area contributed by atoms with Crippen LogP contribution < -0.4 is 5.73 Å². The van der Waals surface area contributed by atoms with Crippen molar-refractivity contribution in [1.82, 2.24) is 14.8 Å². The van der Waals surface area contributed by atoms with Crippen LogP contribution in [0.1, 0.15) is 24.4 Å². The van der Waals surface area contributed by atoms with Crippen LogP contribution in [0.2, 0.25) is 5.02 Å². The molecule has 0 amide bonds. The Hall–Kier alpha value is -1.90. The minimum Gasteiger partial charge on any atom is -0.326 e. The number of aromatic nitrogens is 3. The van der Waals surface area contributed by atoms with Gasteiger partial charge in [-0.25, -0.2) is 9.67 Å². The lowest BCUT2D eigenvalue weighted by Gasteiger charge is -2.21. The maximum absolute atomic E-state index is 8.74. The Balaban J connectivity index is 2.40. The lowest BCUT2D eigenvalue weighted by molar-refractivity contribution is 0.452. The fraction of sp³-hybridized carbons (Fsp3) is 0.250. The van der Waals surface area contributed by atoms with Crippen LogP contribution in [0, 0.1) is 11.3 Å². The van der Waals surface area contributed by atoms with Crippen LogP contribution in [-0.4, -0.2) is 20.8 Å². The zero-order valence-electron chi connectivity index (χ0n) is 9.79. The molecule has 0 bridgehead atoms. The molecule has 0 aliphatic carbocycles. The van der Waals surface area contributed by atoms with Gasteiger partial charge in [-0.2, -0.15) is 5.26 Å². The number of hydrogen-bond donors (Lipinski definition) is 1. The Labute approximate surface area is 110 Å². The Kier molecular flexibility index (Phi) is 3.60. The summed E-state index contributed by atoms with van der Waals surface area (Å²) in [5.74, 6) is 0.134. The van der Waals surface area contributed by atoms with Crippen LogP contribution in [0.4, 0.5) is 0 Å². The van der Waals surface area contributed by atoms with Gasteiger partial charge in [-0.3, -0.25) is 0 Å². The van der Waals surface area contributed by atoms with E-state index < -0.39 is 0 Å². The average Bonchev–Trinajstić information content (AvgIpc) is 2.80. The molecule has 0 spiro atoms. The van der Waals surface area contributed by atoms with Crippen molar-refractivity contribution < 1.29 is 0 Å². The van der Waals surface area contributed by atoms with Gasteiger partial charge < -0.3 is 5.73 Å². The van der Waals surface area contributed by atoms with E-state index in [9.17, 15) is 0 Å². The minimum atomic E-state index is -0.170. The first kappa shape index (κ1) is 12.6. The van der Waals surface area contributed by atoms with Crippen LogP contribution in [0.15, 0.2) is 30.6 Å². The van der Waals surface area contributed by atoms with E-state index in [1.165, 1.54) is 6.33 Å². The molecular formula is C12H12ClN5. The maximum atomic E-state index is 8.74. The number of hydrogen-bond acceptors (Lipinski definition) is 4. The van der Waals surface area contributed by atoms with Gasteiger partial charge in [0.15, 0.2) is 0 Å². The normalized spacial score (nSPS) is 13.9. The maximum Gasteiger partial charge on any atom is 0.252 e. The van der Waals surface area contributed by atoms with Crippen molar-refractivity contribution >= 4 is 11.6 Å². The van der Waals surface area contributed by atoms with Crippen LogP contribution in [-0.2, 0) is 0 Å². The highest BCUT2D eigenvalue weighted by Gasteiger charge is 2.19. The van der Waals surface area contributed by atoms with Crippen molar-refractivity contribution in [1.29, 1.82) is 5.26 Å². The van der Waals surface area contributed by atoms with Crippen molar-refractivity contribution in [3.63, 3.8) is 0 Å². The first-order chi connectivity index (χ1) is 8.61. The molecule has 2 rings (SSSR count). The van der Waals surface area contributed by atoms with Crippen LogP contribution >= 0.6 is 11.6 Å². The molecule has 1 aromatic heterocycles. The third-order valence-electron chi connectivity index (χ3n) is 2.60. The van der Waals surface area contributed by atoms with Crippen LogP contribution in [0.3, 0.4) is 0 Å². The molecule has 0 saturated heterocycles. The zero-order valence-corrected chi connectivity index (χ0v) is 10.5. The summed E-state index contributed by atoms with van der Waals surface area (Å²) in [6.45, 7) is 1.88. The Morgan fingerprint density at radius 1 is 1.39 bits per heavy atom. The summed E-state index contributed by atoms with van der Waals surface area (Å²) < 4.78 is 1.60. The van der Waals surface area contributed by atoms with E-state index in [-0.39, 0.29) is 17.9 Å². The van der Waals surface area contributed by atoms with E-state index in [0.717, 1.165) is 5.56 Å². The van der Waals surface area contributed by atoms with Gasteiger partial charge in [0, 0.05) is 11.1 Å². The molecule has 1 aromatic carbocycles. The standard InChI is InChI=1S/C12H12ClN5/c1-8(15)12(9-2-4-10(13)5-3-9)18-7-16-11(6-14)17-18/h2-5,7-8,12H,15H2,1H3. The lowest BCUT2D eigenvalue weighted by Crippen LogP contribution is -2.30. The predicted octanol–water partition coefficient (Wildman–Crippen LogP) is 1.74. The third kappa shape index (κ3) is 2.50. The molecular weight excluding hydrogens is 250 g/mol. The molecule has 0 aliphatic rings. The summed E-state index contributed by atoms with van der Waals surface area (Å²) in [4.78, 5) is 3.89. The van der Waals surface area contributed by atoms with Gasteiger partial charge in [-0.05, 0) is 24.6 Å². The fourth-order valence-corrected chi connectivity index (χ4v) is 1.94. The zero-order chi connectivity index (χ0) is 13.1. The SMILES string of the molecule is CC(N)C(c1ccc(Cl)cc1)n1cnc(C#N)n1. The molecule has 0 fully saturated rings.